The molecule has 1 aromatic heterocycles. The third kappa shape index (κ3) is 2.32. The fourth-order valence-electron chi connectivity index (χ4n) is 3.48. The van der Waals surface area contributed by atoms with Crippen molar-refractivity contribution < 1.29 is 4.74 Å². The highest BCUT2D eigenvalue weighted by molar-refractivity contribution is 7.71. The molecular weight excluding hydrogens is 280 g/mol. The standard InChI is InChI=1S/C17H18N2OS/c21-17-14-10-20-9-8-15(14)18-16(19-17)13-7-3-5-11-4-1-2-6-12(11)13/h1-2,4,6,13H,3,5,7-10H2,(H,18,19,21). The lowest BCUT2D eigenvalue weighted by Gasteiger charge is -2.26. The van der Waals surface area contributed by atoms with Crippen LogP contribution in [0.4, 0.5) is 0 Å². The molecular formula is C17H18N2OS. The Morgan fingerprint density at radius 1 is 1.24 bits per heavy atom. The van der Waals surface area contributed by atoms with E-state index in [1.165, 1.54) is 29.7 Å². The smallest absolute Gasteiger partial charge is 0.135 e. The van der Waals surface area contributed by atoms with Crippen LogP contribution in [0.3, 0.4) is 0 Å². The van der Waals surface area contributed by atoms with Crippen LogP contribution in [-0.2, 0) is 24.2 Å². The van der Waals surface area contributed by atoms with Crippen molar-refractivity contribution >= 4 is 12.2 Å². The zero-order valence-electron chi connectivity index (χ0n) is 11.9. The van der Waals surface area contributed by atoms with Crippen molar-refractivity contribution in [1.29, 1.82) is 0 Å². The topological polar surface area (TPSA) is 37.9 Å². The second kappa shape index (κ2) is 5.35. The number of aryl methyl sites for hydroxylation is 1. The van der Waals surface area contributed by atoms with Gasteiger partial charge >= 0.3 is 0 Å². The average molecular weight is 298 g/mol. The van der Waals surface area contributed by atoms with Crippen LogP contribution in [0.25, 0.3) is 0 Å². The van der Waals surface area contributed by atoms with E-state index in [-0.39, 0.29) is 0 Å². The van der Waals surface area contributed by atoms with Crippen molar-refractivity contribution in [2.45, 2.75) is 38.2 Å². The Morgan fingerprint density at radius 3 is 3.10 bits per heavy atom. The predicted molar refractivity (Wildman–Crippen MR) is 84.0 cm³/mol. The monoisotopic (exact) mass is 298 g/mol. The Bertz CT molecular complexity index is 738. The maximum Gasteiger partial charge on any atom is 0.135 e. The number of aromatic amines is 1. The number of benzene rings is 1. The summed E-state index contributed by atoms with van der Waals surface area (Å²) in [7, 11) is 0. The number of fused-ring (bicyclic) bond motifs is 2. The van der Waals surface area contributed by atoms with E-state index in [0.717, 1.165) is 30.8 Å². The molecule has 4 rings (SSSR count). The van der Waals surface area contributed by atoms with Gasteiger partial charge in [-0.3, -0.25) is 0 Å². The highest BCUT2D eigenvalue weighted by Crippen LogP contribution is 2.35. The van der Waals surface area contributed by atoms with Gasteiger partial charge in [-0.15, -0.1) is 0 Å². The molecule has 1 unspecified atom stereocenters. The predicted octanol–water partition coefficient (Wildman–Crippen LogP) is 3.68. The number of rotatable bonds is 1. The first-order valence-corrected chi connectivity index (χ1v) is 8.01. The summed E-state index contributed by atoms with van der Waals surface area (Å²) in [6.45, 7) is 1.36. The number of H-pyrrole nitrogens is 1. The average Bonchev–Trinajstić information content (AvgIpc) is 2.54. The van der Waals surface area contributed by atoms with Gasteiger partial charge in [-0.05, 0) is 30.4 Å². The SMILES string of the molecule is S=c1nc(C2CCCc3ccccc32)[nH]c2c1COCC2. The number of hydrogen-bond donors (Lipinski definition) is 1. The van der Waals surface area contributed by atoms with E-state index >= 15 is 0 Å². The third-order valence-electron chi connectivity index (χ3n) is 4.57. The molecule has 0 amide bonds. The largest absolute Gasteiger partial charge is 0.376 e. The van der Waals surface area contributed by atoms with Crippen LogP contribution in [0.5, 0.6) is 0 Å². The first-order chi connectivity index (χ1) is 10.3. The third-order valence-corrected chi connectivity index (χ3v) is 4.90. The lowest BCUT2D eigenvalue weighted by Crippen LogP contribution is -2.19. The summed E-state index contributed by atoms with van der Waals surface area (Å²) >= 11 is 5.48. The van der Waals surface area contributed by atoms with Gasteiger partial charge in [0.15, 0.2) is 0 Å². The van der Waals surface area contributed by atoms with Crippen LogP contribution >= 0.6 is 12.2 Å². The zero-order chi connectivity index (χ0) is 14.2. The van der Waals surface area contributed by atoms with E-state index in [1.54, 1.807) is 0 Å². The van der Waals surface area contributed by atoms with Crippen molar-refractivity contribution in [1.82, 2.24) is 9.97 Å². The molecule has 1 N–H and O–H groups in total. The van der Waals surface area contributed by atoms with Crippen molar-refractivity contribution in [3.63, 3.8) is 0 Å². The van der Waals surface area contributed by atoms with Crippen LogP contribution in [0.2, 0.25) is 0 Å². The van der Waals surface area contributed by atoms with Gasteiger partial charge in [0.25, 0.3) is 0 Å². The number of ether oxygens (including phenoxy) is 1. The fraction of sp³-hybridized carbons (Fsp3) is 0.412. The Balaban J connectivity index is 1.81. The van der Waals surface area contributed by atoms with Gasteiger partial charge in [0, 0.05) is 23.6 Å². The lowest BCUT2D eigenvalue weighted by molar-refractivity contribution is 0.108. The number of nitrogens with zero attached hydrogens (tertiary/aromatic N) is 1. The van der Waals surface area contributed by atoms with Gasteiger partial charge in [0.05, 0.1) is 13.2 Å². The van der Waals surface area contributed by atoms with E-state index in [2.05, 4.69) is 34.2 Å². The van der Waals surface area contributed by atoms with Crippen LogP contribution in [-0.4, -0.2) is 16.6 Å². The van der Waals surface area contributed by atoms with E-state index < -0.39 is 0 Å². The molecule has 0 saturated carbocycles. The normalized spacial score (nSPS) is 20.7. The van der Waals surface area contributed by atoms with Crippen molar-refractivity contribution in [3.8, 4) is 0 Å². The lowest BCUT2D eigenvalue weighted by atomic mass is 9.82. The van der Waals surface area contributed by atoms with Gasteiger partial charge in [-0.25, -0.2) is 4.98 Å². The van der Waals surface area contributed by atoms with Crippen molar-refractivity contribution in [2.75, 3.05) is 6.61 Å². The Kier molecular flexibility index (Phi) is 3.36. The molecule has 2 aliphatic rings. The highest BCUT2D eigenvalue weighted by atomic mass is 32.1. The molecule has 108 valence electrons. The quantitative estimate of drug-likeness (QED) is 0.816. The minimum absolute atomic E-state index is 0.352. The molecule has 0 spiro atoms. The molecule has 0 bridgehead atoms. The first-order valence-electron chi connectivity index (χ1n) is 7.60. The second-order valence-corrected chi connectivity index (χ2v) is 6.22. The molecule has 1 aliphatic heterocycles. The van der Waals surface area contributed by atoms with E-state index in [4.69, 9.17) is 17.0 Å². The Morgan fingerprint density at radius 2 is 2.14 bits per heavy atom. The van der Waals surface area contributed by atoms with Crippen LogP contribution < -0.4 is 0 Å². The van der Waals surface area contributed by atoms with Gasteiger partial charge in [-0.1, -0.05) is 36.5 Å². The fourth-order valence-corrected chi connectivity index (χ4v) is 3.76. The molecule has 1 aliphatic carbocycles. The maximum absolute atomic E-state index is 5.49. The second-order valence-electron chi connectivity index (χ2n) is 5.83. The highest BCUT2D eigenvalue weighted by Gasteiger charge is 2.24. The summed E-state index contributed by atoms with van der Waals surface area (Å²) in [6.07, 6.45) is 4.43. The molecule has 4 heteroatoms. The molecule has 2 heterocycles. The summed E-state index contributed by atoms with van der Waals surface area (Å²) in [5, 5.41) is 0. The first kappa shape index (κ1) is 13.2. The molecule has 0 fully saturated rings. The number of aromatic nitrogens is 2. The van der Waals surface area contributed by atoms with E-state index in [9.17, 15) is 0 Å². The minimum atomic E-state index is 0.352. The van der Waals surface area contributed by atoms with Crippen molar-refractivity contribution in [3.05, 3.63) is 57.1 Å². The minimum Gasteiger partial charge on any atom is -0.376 e. The summed E-state index contributed by atoms with van der Waals surface area (Å²) < 4.78 is 6.20. The Hall–Kier alpha value is -1.52. The van der Waals surface area contributed by atoms with Crippen LogP contribution in [0.1, 0.15) is 47.0 Å². The molecule has 21 heavy (non-hydrogen) atoms. The van der Waals surface area contributed by atoms with Gasteiger partial charge in [-0.2, -0.15) is 0 Å². The Labute approximate surface area is 129 Å². The van der Waals surface area contributed by atoms with E-state index in [0.29, 0.717) is 17.2 Å². The molecule has 3 nitrogen and oxygen atoms in total. The number of hydrogen-bond acceptors (Lipinski definition) is 3. The van der Waals surface area contributed by atoms with Crippen molar-refractivity contribution in [2.24, 2.45) is 0 Å². The summed E-state index contributed by atoms with van der Waals surface area (Å²) in [6, 6.07) is 8.72. The molecule has 0 radical (unpaired) electrons. The molecule has 1 aromatic carbocycles. The zero-order valence-corrected chi connectivity index (χ0v) is 12.7. The molecule has 0 saturated heterocycles. The number of nitrogens with one attached hydrogen (secondary N) is 1. The van der Waals surface area contributed by atoms with Crippen LogP contribution in [0.15, 0.2) is 24.3 Å². The van der Waals surface area contributed by atoms with Gasteiger partial charge in [0.1, 0.15) is 10.5 Å². The van der Waals surface area contributed by atoms with Gasteiger partial charge in [0.2, 0.25) is 0 Å². The van der Waals surface area contributed by atoms with Gasteiger partial charge < -0.3 is 9.72 Å². The maximum atomic E-state index is 5.49. The summed E-state index contributed by atoms with van der Waals surface area (Å²) in [5.74, 6) is 1.39. The summed E-state index contributed by atoms with van der Waals surface area (Å²) in [5.41, 5.74) is 5.16. The molecule has 1 atom stereocenters. The van der Waals surface area contributed by atoms with E-state index in [1.807, 2.05) is 0 Å². The summed E-state index contributed by atoms with van der Waals surface area (Å²) in [4.78, 5) is 8.25. The molecule has 2 aromatic rings. The van der Waals surface area contributed by atoms with Crippen LogP contribution in [0, 0.1) is 4.64 Å².